The van der Waals surface area contributed by atoms with Crippen molar-refractivity contribution in [2.75, 3.05) is 6.61 Å². The molecule has 0 amide bonds. The van der Waals surface area contributed by atoms with E-state index in [1.54, 1.807) is 0 Å². The maximum Gasteiger partial charge on any atom is 0.206 e. The van der Waals surface area contributed by atoms with E-state index >= 15 is 0 Å². The fraction of sp³-hybridized carbons (Fsp3) is 0.333. The number of thiophene rings is 1. The van der Waals surface area contributed by atoms with Crippen LogP contribution in [-0.4, -0.2) is 31.1 Å². The van der Waals surface area contributed by atoms with Crippen LogP contribution in [0.2, 0.25) is 0 Å². The Labute approximate surface area is 172 Å². The minimum absolute atomic E-state index is 0.0473. The average molecular weight is 389 g/mol. The van der Waals surface area contributed by atoms with E-state index in [1.165, 1.54) is 26.3 Å². The molecule has 28 heavy (non-hydrogen) atoms. The fourth-order valence-corrected chi connectivity index (χ4v) is 4.59. The molecule has 0 N–H and O–H groups in total. The van der Waals surface area contributed by atoms with Crippen molar-refractivity contribution in [3.8, 4) is 21.6 Å². The third-order valence-corrected chi connectivity index (χ3v) is 6.88. The molecule has 2 nitrogen and oxygen atoms in total. The van der Waals surface area contributed by atoms with Crippen LogP contribution >= 0.6 is 11.3 Å². The summed E-state index contributed by atoms with van der Waals surface area (Å²) >= 11 is 1.81. The molecular formula is C24H26BO2S. The van der Waals surface area contributed by atoms with Crippen molar-refractivity contribution in [1.82, 2.24) is 0 Å². The van der Waals surface area contributed by atoms with Gasteiger partial charge in [0.25, 0.3) is 0 Å². The van der Waals surface area contributed by atoms with Gasteiger partial charge in [0, 0.05) is 4.88 Å². The molecule has 2 aromatic carbocycles. The van der Waals surface area contributed by atoms with Gasteiger partial charge in [-0.3, -0.25) is 0 Å². The van der Waals surface area contributed by atoms with Gasteiger partial charge in [0.2, 0.25) is 7.28 Å². The van der Waals surface area contributed by atoms with Crippen LogP contribution in [0.1, 0.15) is 27.7 Å². The predicted octanol–water partition coefficient (Wildman–Crippen LogP) is 5.34. The summed E-state index contributed by atoms with van der Waals surface area (Å²) in [5, 5.41) is 0. The Hall–Kier alpha value is -1.88. The van der Waals surface area contributed by atoms with E-state index in [9.17, 15) is 0 Å². The van der Waals surface area contributed by atoms with E-state index in [1.807, 2.05) is 11.3 Å². The maximum atomic E-state index is 6.38. The Morgan fingerprint density at radius 1 is 0.857 bits per heavy atom. The first-order chi connectivity index (χ1) is 13.4. The van der Waals surface area contributed by atoms with Gasteiger partial charge in [-0.05, 0) is 55.2 Å². The quantitative estimate of drug-likeness (QED) is 0.561. The third-order valence-electron chi connectivity index (χ3n) is 5.73. The van der Waals surface area contributed by atoms with E-state index in [0.717, 1.165) is 0 Å². The number of benzene rings is 2. The van der Waals surface area contributed by atoms with E-state index < -0.39 is 0 Å². The highest BCUT2D eigenvalue weighted by Crippen LogP contribution is 2.37. The lowest BCUT2D eigenvalue weighted by atomic mass is 9.68. The molecule has 2 heterocycles. The van der Waals surface area contributed by atoms with Crippen molar-refractivity contribution < 1.29 is 9.47 Å². The summed E-state index contributed by atoms with van der Waals surface area (Å²) in [6.07, 6.45) is 0. The standard InChI is InChI=1S/C24H26BO2S/c1-23(2)24(3,4)27-20(16-26-23)25-21-15-19(17-11-7-5-8-12-17)22(28-21)18-13-9-6-10-14-18/h5-15,20H,16H2,1-4H3. The van der Waals surface area contributed by atoms with E-state index in [0.29, 0.717) is 6.61 Å². The number of hydrogen-bond donors (Lipinski definition) is 0. The summed E-state index contributed by atoms with van der Waals surface area (Å²) in [4.78, 5) is 1.29. The SMILES string of the molecule is CC1(C)OCC([B]c2cc(-c3ccccc3)c(-c3ccccc3)s2)OC1(C)C. The van der Waals surface area contributed by atoms with Crippen molar-refractivity contribution in [1.29, 1.82) is 0 Å². The van der Waals surface area contributed by atoms with Gasteiger partial charge in [0.1, 0.15) is 0 Å². The first-order valence-electron chi connectivity index (χ1n) is 9.77. The first-order valence-corrected chi connectivity index (χ1v) is 10.6. The Kier molecular flexibility index (Phi) is 5.21. The molecule has 1 fully saturated rings. The zero-order chi connectivity index (χ0) is 19.8. The molecular weight excluding hydrogens is 363 g/mol. The van der Waals surface area contributed by atoms with E-state index in [2.05, 4.69) is 102 Å². The summed E-state index contributed by atoms with van der Waals surface area (Å²) in [6, 6.07) is 23.4. The molecule has 0 saturated carbocycles. The van der Waals surface area contributed by atoms with Gasteiger partial charge >= 0.3 is 0 Å². The zero-order valence-electron chi connectivity index (χ0n) is 16.9. The second-order valence-electron chi connectivity index (χ2n) is 8.28. The summed E-state index contributed by atoms with van der Waals surface area (Å²) in [5.41, 5.74) is 3.11. The average Bonchev–Trinajstić information content (AvgIpc) is 3.10. The Morgan fingerprint density at radius 2 is 1.46 bits per heavy atom. The molecule has 1 unspecified atom stereocenters. The molecule has 0 aliphatic carbocycles. The third kappa shape index (κ3) is 3.82. The van der Waals surface area contributed by atoms with Gasteiger partial charge in [-0.15, -0.1) is 0 Å². The number of ether oxygens (including phenoxy) is 2. The smallest absolute Gasteiger partial charge is 0.206 e. The van der Waals surface area contributed by atoms with Crippen LogP contribution in [0.25, 0.3) is 21.6 Å². The second-order valence-corrected chi connectivity index (χ2v) is 9.36. The molecule has 3 aromatic rings. The lowest BCUT2D eigenvalue weighted by molar-refractivity contribution is -0.243. The summed E-state index contributed by atoms with van der Waals surface area (Å²) in [5.74, 6) is 0. The minimum Gasteiger partial charge on any atom is -0.375 e. The summed E-state index contributed by atoms with van der Waals surface area (Å²) < 4.78 is 13.7. The zero-order valence-corrected chi connectivity index (χ0v) is 17.8. The lowest BCUT2D eigenvalue weighted by Crippen LogP contribution is -2.59. The maximum absolute atomic E-state index is 6.38. The number of hydrogen-bond acceptors (Lipinski definition) is 3. The van der Waals surface area contributed by atoms with Gasteiger partial charge in [0.15, 0.2) is 0 Å². The first kappa shape index (κ1) is 19.4. The highest BCUT2D eigenvalue weighted by molar-refractivity contribution is 7.25. The highest BCUT2D eigenvalue weighted by Gasteiger charge is 2.45. The van der Waals surface area contributed by atoms with Gasteiger partial charge in [-0.25, -0.2) is 0 Å². The fourth-order valence-electron chi connectivity index (χ4n) is 3.41. The van der Waals surface area contributed by atoms with Crippen LogP contribution in [0.3, 0.4) is 0 Å². The van der Waals surface area contributed by atoms with Crippen molar-refractivity contribution in [3.63, 3.8) is 0 Å². The Balaban J connectivity index is 1.65. The monoisotopic (exact) mass is 389 g/mol. The van der Waals surface area contributed by atoms with Gasteiger partial charge in [-0.2, -0.15) is 11.3 Å². The van der Waals surface area contributed by atoms with Crippen LogP contribution in [-0.2, 0) is 9.47 Å². The predicted molar refractivity (Wildman–Crippen MR) is 120 cm³/mol. The Morgan fingerprint density at radius 3 is 2.07 bits per heavy atom. The minimum atomic E-state index is -0.339. The van der Waals surface area contributed by atoms with Crippen LogP contribution in [0.5, 0.6) is 0 Å². The normalized spacial score (nSPS) is 20.6. The molecule has 4 rings (SSSR count). The Bertz CT molecular complexity index is 875. The van der Waals surface area contributed by atoms with Crippen LogP contribution in [0.15, 0.2) is 66.7 Å². The van der Waals surface area contributed by atoms with Crippen LogP contribution in [0, 0.1) is 0 Å². The lowest BCUT2D eigenvalue weighted by Gasteiger charge is -2.48. The van der Waals surface area contributed by atoms with E-state index in [4.69, 9.17) is 9.47 Å². The molecule has 4 heteroatoms. The van der Waals surface area contributed by atoms with Crippen LogP contribution < -0.4 is 4.78 Å². The number of rotatable bonds is 4. The largest absolute Gasteiger partial charge is 0.375 e. The molecule has 1 atom stereocenters. The molecule has 0 spiro atoms. The van der Waals surface area contributed by atoms with Gasteiger partial charge in [-0.1, -0.05) is 60.7 Å². The van der Waals surface area contributed by atoms with Crippen LogP contribution in [0.4, 0.5) is 0 Å². The molecule has 1 saturated heterocycles. The van der Waals surface area contributed by atoms with Gasteiger partial charge in [0.05, 0.1) is 23.8 Å². The summed E-state index contributed by atoms with van der Waals surface area (Å²) in [7, 11) is 2.21. The van der Waals surface area contributed by atoms with E-state index in [-0.39, 0.29) is 17.2 Å². The van der Waals surface area contributed by atoms with Crippen molar-refractivity contribution in [2.45, 2.75) is 44.9 Å². The molecule has 143 valence electrons. The topological polar surface area (TPSA) is 18.5 Å². The summed E-state index contributed by atoms with van der Waals surface area (Å²) in [6.45, 7) is 8.97. The molecule has 1 aliphatic rings. The second kappa shape index (κ2) is 7.51. The highest BCUT2D eigenvalue weighted by atomic mass is 32.1. The molecule has 1 aliphatic heterocycles. The molecule has 1 aromatic heterocycles. The van der Waals surface area contributed by atoms with Crippen molar-refractivity contribution in [2.24, 2.45) is 0 Å². The van der Waals surface area contributed by atoms with Crippen molar-refractivity contribution in [3.05, 3.63) is 66.7 Å². The molecule has 0 bridgehead atoms. The van der Waals surface area contributed by atoms with Crippen molar-refractivity contribution >= 4 is 23.4 Å². The molecule has 1 radical (unpaired) electrons. The van der Waals surface area contributed by atoms with Gasteiger partial charge < -0.3 is 9.47 Å².